The Morgan fingerprint density at radius 2 is 1.64 bits per heavy atom. The molecule has 0 spiro atoms. The van der Waals surface area contributed by atoms with Crippen LogP contribution in [0.4, 0.5) is 0 Å². The topological polar surface area (TPSA) is 49.4 Å². The Balaban J connectivity index is 1.84. The minimum absolute atomic E-state index is 0.141. The van der Waals surface area contributed by atoms with E-state index >= 15 is 0 Å². The SMILES string of the molecule is CCCNC(=O)[C@H](Cc1ccccc1)N(Cc1ccccc1Cl)C(=O)CSCc1ccc(Cl)cc1Cl. The molecule has 1 atom stereocenters. The number of nitrogens with zero attached hydrogens (tertiary/aromatic N) is 1. The Hall–Kier alpha value is -2.18. The summed E-state index contributed by atoms with van der Waals surface area (Å²) in [6, 6.07) is 21.8. The molecule has 0 saturated carbocycles. The number of nitrogens with one attached hydrogen (secondary N) is 1. The Labute approximate surface area is 232 Å². The van der Waals surface area contributed by atoms with Crippen molar-refractivity contribution >= 4 is 58.4 Å². The van der Waals surface area contributed by atoms with Crippen molar-refractivity contribution in [2.24, 2.45) is 0 Å². The lowest BCUT2D eigenvalue weighted by molar-refractivity contribution is -0.139. The van der Waals surface area contributed by atoms with Gasteiger partial charge in [-0.25, -0.2) is 0 Å². The second-order valence-corrected chi connectivity index (χ2v) is 10.6. The van der Waals surface area contributed by atoms with Crippen molar-refractivity contribution in [1.82, 2.24) is 10.2 Å². The average Bonchev–Trinajstić information content (AvgIpc) is 2.87. The van der Waals surface area contributed by atoms with E-state index in [9.17, 15) is 9.59 Å². The number of hydrogen-bond donors (Lipinski definition) is 1. The summed E-state index contributed by atoms with van der Waals surface area (Å²) >= 11 is 20.2. The molecule has 4 nitrogen and oxygen atoms in total. The van der Waals surface area contributed by atoms with Crippen molar-refractivity contribution in [3.8, 4) is 0 Å². The Bertz CT molecular complexity index is 1160. The van der Waals surface area contributed by atoms with Crippen molar-refractivity contribution in [3.05, 3.63) is 105 Å². The lowest BCUT2D eigenvalue weighted by atomic mass is 10.0. The van der Waals surface area contributed by atoms with Crippen LogP contribution in [-0.4, -0.2) is 35.1 Å². The van der Waals surface area contributed by atoms with Gasteiger partial charge in [-0.05, 0) is 41.3 Å². The van der Waals surface area contributed by atoms with E-state index in [4.69, 9.17) is 34.8 Å². The molecule has 0 radical (unpaired) electrons. The molecule has 0 aliphatic rings. The molecule has 3 aromatic carbocycles. The smallest absolute Gasteiger partial charge is 0.243 e. The number of thioether (sulfide) groups is 1. The van der Waals surface area contributed by atoms with Crippen LogP contribution in [0.2, 0.25) is 15.1 Å². The van der Waals surface area contributed by atoms with E-state index in [-0.39, 0.29) is 24.1 Å². The van der Waals surface area contributed by atoms with Crippen LogP contribution in [0.1, 0.15) is 30.0 Å². The van der Waals surface area contributed by atoms with Crippen LogP contribution >= 0.6 is 46.6 Å². The summed E-state index contributed by atoms with van der Waals surface area (Å²) < 4.78 is 0. The number of hydrogen-bond acceptors (Lipinski definition) is 3. The molecule has 0 unspecified atom stereocenters. The quantitative estimate of drug-likeness (QED) is 0.257. The van der Waals surface area contributed by atoms with Gasteiger partial charge < -0.3 is 10.2 Å². The zero-order chi connectivity index (χ0) is 25.9. The minimum atomic E-state index is -0.678. The van der Waals surface area contributed by atoms with Gasteiger partial charge in [-0.15, -0.1) is 11.8 Å². The maximum atomic E-state index is 13.6. The number of halogens is 3. The van der Waals surface area contributed by atoms with Crippen molar-refractivity contribution in [2.75, 3.05) is 12.3 Å². The number of carbonyl (C=O) groups is 2. The summed E-state index contributed by atoms with van der Waals surface area (Å²) in [5.41, 5.74) is 2.67. The van der Waals surface area contributed by atoms with Gasteiger partial charge in [0.25, 0.3) is 0 Å². The highest BCUT2D eigenvalue weighted by Gasteiger charge is 2.30. The average molecular weight is 564 g/mol. The van der Waals surface area contributed by atoms with Gasteiger partial charge in [0.2, 0.25) is 11.8 Å². The number of benzene rings is 3. The van der Waals surface area contributed by atoms with E-state index < -0.39 is 6.04 Å². The van der Waals surface area contributed by atoms with Crippen molar-refractivity contribution in [1.29, 1.82) is 0 Å². The fraction of sp³-hybridized carbons (Fsp3) is 0.286. The summed E-state index contributed by atoms with van der Waals surface area (Å²) in [6.07, 6.45) is 1.21. The summed E-state index contributed by atoms with van der Waals surface area (Å²) in [6.45, 7) is 2.78. The monoisotopic (exact) mass is 562 g/mol. The normalized spacial score (nSPS) is 11.7. The highest BCUT2D eigenvalue weighted by atomic mass is 35.5. The van der Waals surface area contributed by atoms with Gasteiger partial charge in [0.1, 0.15) is 6.04 Å². The lowest BCUT2D eigenvalue weighted by Gasteiger charge is -2.32. The van der Waals surface area contributed by atoms with Gasteiger partial charge in [-0.3, -0.25) is 9.59 Å². The molecule has 0 fully saturated rings. The number of rotatable bonds is 12. The van der Waals surface area contributed by atoms with Crippen LogP contribution in [0.3, 0.4) is 0 Å². The van der Waals surface area contributed by atoms with Crippen LogP contribution in [0.5, 0.6) is 0 Å². The lowest BCUT2D eigenvalue weighted by Crippen LogP contribution is -2.51. The van der Waals surface area contributed by atoms with E-state index in [0.29, 0.717) is 33.8 Å². The maximum Gasteiger partial charge on any atom is 0.243 e. The van der Waals surface area contributed by atoms with Gasteiger partial charge in [0, 0.05) is 40.3 Å². The third kappa shape index (κ3) is 8.45. The molecule has 0 aliphatic carbocycles. The summed E-state index contributed by atoms with van der Waals surface area (Å²) in [7, 11) is 0. The zero-order valence-corrected chi connectivity index (χ0v) is 23.1. The third-order valence-electron chi connectivity index (χ3n) is 5.62. The first-order valence-corrected chi connectivity index (χ1v) is 14.0. The van der Waals surface area contributed by atoms with E-state index in [1.807, 2.05) is 61.5 Å². The Morgan fingerprint density at radius 1 is 0.917 bits per heavy atom. The number of carbonyl (C=O) groups excluding carboxylic acids is 2. The first-order chi connectivity index (χ1) is 17.4. The molecule has 3 rings (SSSR count). The molecular weight excluding hydrogens is 535 g/mol. The highest BCUT2D eigenvalue weighted by Crippen LogP contribution is 2.26. The Morgan fingerprint density at radius 3 is 2.33 bits per heavy atom. The molecule has 0 bridgehead atoms. The van der Waals surface area contributed by atoms with E-state index in [1.165, 1.54) is 11.8 Å². The summed E-state index contributed by atoms with van der Waals surface area (Å²) in [5.74, 6) is 0.424. The Kier molecular flexibility index (Phi) is 11.5. The second-order valence-electron chi connectivity index (χ2n) is 8.34. The molecule has 0 aliphatic heterocycles. The molecule has 2 amide bonds. The van der Waals surface area contributed by atoms with Crippen LogP contribution in [0.25, 0.3) is 0 Å². The van der Waals surface area contributed by atoms with Crippen molar-refractivity contribution < 1.29 is 9.59 Å². The first-order valence-electron chi connectivity index (χ1n) is 11.7. The molecule has 190 valence electrons. The van der Waals surface area contributed by atoms with Gasteiger partial charge in [0.05, 0.1) is 5.75 Å². The van der Waals surface area contributed by atoms with Crippen LogP contribution in [0, 0.1) is 0 Å². The molecule has 36 heavy (non-hydrogen) atoms. The van der Waals surface area contributed by atoms with Gasteiger partial charge >= 0.3 is 0 Å². The first kappa shape index (κ1) is 28.4. The molecule has 8 heteroatoms. The highest BCUT2D eigenvalue weighted by molar-refractivity contribution is 7.99. The van der Waals surface area contributed by atoms with Gasteiger partial charge in [-0.1, -0.05) is 96.3 Å². The van der Waals surface area contributed by atoms with E-state index in [0.717, 1.165) is 23.1 Å². The standard InChI is InChI=1S/C28H29Cl3N2O2S/c1-2-14-32-28(35)26(15-20-8-4-3-5-9-20)33(17-21-10-6-7-11-24(21)30)27(34)19-36-18-22-12-13-23(29)16-25(22)31/h3-13,16,26H,2,14-15,17-19H2,1H3,(H,32,35)/t26-/m0/s1. The molecule has 3 aromatic rings. The fourth-order valence-corrected chi connectivity index (χ4v) is 5.36. The van der Waals surface area contributed by atoms with Gasteiger partial charge in [-0.2, -0.15) is 0 Å². The van der Waals surface area contributed by atoms with Crippen LogP contribution in [-0.2, 0) is 28.3 Å². The molecule has 1 N–H and O–H groups in total. The molecular formula is C28H29Cl3N2O2S. The van der Waals surface area contributed by atoms with Crippen LogP contribution < -0.4 is 5.32 Å². The number of amides is 2. The maximum absolute atomic E-state index is 13.6. The summed E-state index contributed by atoms with van der Waals surface area (Å²) in [5, 5.41) is 4.67. The minimum Gasteiger partial charge on any atom is -0.354 e. The third-order valence-corrected chi connectivity index (χ3v) is 7.54. The summed E-state index contributed by atoms with van der Waals surface area (Å²) in [4.78, 5) is 28.6. The predicted molar refractivity (Wildman–Crippen MR) is 152 cm³/mol. The molecule has 0 aromatic heterocycles. The van der Waals surface area contributed by atoms with Crippen LogP contribution in [0.15, 0.2) is 72.8 Å². The van der Waals surface area contributed by atoms with Crippen molar-refractivity contribution in [2.45, 2.75) is 38.1 Å². The van der Waals surface area contributed by atoms with Crippen molar-refractivity contribution in [3.63, 3.8) is 0 Å². The van der Waals surface area contributed by atoms with E-state index in [2.05, 4.69) is 5.32 Å². The fourth-order valence-electron chi connectivity index (χ4n) is 3.70. The zero-order valence-electron chi connectivity index (χ0n) is 20.1. The molecule has 0 saturated heterocycles. The predicted octanol–water partition coefficient (Wildman–Crippen LogP) is 7.05. The van der Waals surface area contributed by atoms with E-state index in [1.54, 1.807) is 23.1 Å². The van der Waals surface area contributed by atoms with Gasteiger partial charge in [0.15, 0.2) is 0 Å². The molecule has 0 heterocycles. The largest absolute Gasteiger partial charge is 0.354 e. The second kappa shape index (κ2) is 14.5.